The molecule has 4 nitrogen and oxygen atoms in total. The number of aromatic carboxylic acids is 1. The summed E-state index contributed by atoms with van der Waals surface area (Å²) in [5, 5.41) is 9.73. The number of benzene rings is 3. The zero-order chi connectivity index (χ0) is 22.7. The van der Waals surface area contributed by atoms with Crippen LogP contribution in [-0.4, -0.2) is 15.6 Å². The van der Waals surface area contributed by atoms with Crippen LogP contribution in [0.15, 0.2) is 77.6 Å². The highest BCUT2D eigenvalue weighted by atomic mass is 19.1. The molecule has 1 N–H and O–H groups in total. The predicted molar refractivity (Wildman–Crippen MR) is 122 cm³/mol. The molecule has 1 heterocycles. The molecule has 4 rings (SSSR count). The van der Waals surface area contributed by atoms with Gasteiger partial charge in [-0.3, -0.25) is 4.79 Å². The average molecular weight is 425 g/mol. The van der Waals surface area contributed by atoms with E-state index in [4.69, 9.17) is 5.11 Å². The van der Waals surface area contributed by atoms with Crippen molar-refractivity contribution in [2.24, 2.45) is 7.05 Å². The molecule has 0 saturated heterocycles. The summed E-state index contributed by atoms with van der Waals surface area (Å²) in [4.78, 5) is 24.5. The Morgan fingerprint density at radius 3 is 2.31 bits per heavy atom. The maximum atomic E-state index is 13.3. The Morgan fingerprint density at radius 1 is 0.969 bits per heavy atom. The fourth-order valence-corrected chi connectivity index (χ4v) is 3.68. The average Bonchev–Trinajstić information content (AvgIpc) is 2.80. The van der Waals surface area contributed by atoms with E-state index in [0.29, 0.717) is 29.5 Å². The molecule has 0 saturated carbocycles. The van der Waals surface area contributed by atoms with Crippen molar-refractivity contribution < 1.29 is 14.3 Å². The van der Waals surface area contributed by atoms with Gasteiger partial charge in [0.2, 0.25) is 0 Å². The van der Waals surface area contributed by atoms with E-state index < -0.39 is 5.97 Å². The second kappa shape index (κ2) is 8.91. The van der Waals surface area contributed by atoms with Crippen LogP contribution in [0.2, 0.25) is 0 Å². The van der Waals surface area contributed by atoms with Gasteiger partial charge in [0.25, 0.3) is 0 Å². The summed E-state index contributed by atoms with van der Waals surface area (Å²) in [5.74, 6) is 4.97. The number of halogens is 1. The Kier molecular flexibility index (Phi) is 5.87. The van der Waals surface area contributed by atoms with Crippen LogP contribution in [0, 0.1) is 17.7 Å². The third-order valence-electron chi connectivity index (χ3n) is 5.40. The number of para-hydroxylation sites is 1. The molecule has 0 atom stereocenters. The molecule has 0 aliphatic rings. The van der Waals surface area contributed by atoms with Gasteiger partial charge in [-0.15, -0.1) is 0 Å². The number of aryl methyl sites for hydroxylation is 1. The van der Waals surface area contributed by atoms with Crippen LogP contribution in [-0.2, 0) is 19.9 Å². The molecule has 158 valence electrons. The Morgan fingerprint density at radius 2 is 1.62 bits per heavy atom. The monoisotopic (exact) mass is 425 g/mol. The summed E-state index contributed by atoms with van der Waals surface area (Å²) < 4.78 is 15.1. The molecule has 0 amide bonds. The third kappa shape index (κ3) is 4.30. The van der Waals surface area contributed by atoms with Gasteiger partial charge in [-0.25, -0.2) is 9.18 Å². The van der Waals surface area contributed by atoms with Crippen molar-refractivity contribution in [3.05, 3.63) is 117 Å². The Labute approximate surface area is 184 Å². The lowest BCUT2D eigenvalue weighted by molar-refractivity contribution is 0.0697. The summed E-state index contributed by atoms with van der Waals surface area (Å²) in [7, 11) is 1.88. The first kappa shape index (κ1) is 21.1. The summed E-state index contributed by atoms with van der Waals surface area (Å²) in [5.41, 5.74) is 3.76. The van der Waals surface area contributed by atoms with Crippen molar-refractivity contribution >= 4 is 16.9 Å². The van der Waals surface area contributed by atoms with Gasteiger partial charge in [0.1, 0.15) is 5.82 Å². The van der Waals surface area contributed by atoms with Crippen LogP contribution in [0.5, 0.6) is 0 Å². The van der Waals surface area contributed by atoms with E-state index in [0.717, 1.165) is 16.6 Å². The van der Waals surface area contributed by atoms with Gasteiger partial charge >= 0.3 is 5.97 Å². The number of fused-ring (bicyclic) bond motifs is 1. The Hall–Kier alpha value is -4.17. The van der Waals surface area contributed by atoms with Crippen molar-refractivity contribution in [1.82, 2.24) is 4.57 Å². The van der Waals surface area contributed by atoms with Crippen molar-refractivity contribution in [3.8, 4) is 11.8 Å². The minimum atomic E-state index is -0.995. The minimum absolute atomic E-state index is 0.0907. The lowest BCUT2D eigenvalue weighted by atomic mass is 9.99. The van der Waals surface area contributed by atoms with E-state index in [9.17, 15) is 14.0 Å². The molecule has 1 aromatic heterocycles. The van der Waals surface area contributed by atoms with E-state index in [1.807, 2.05) is 29.8 Å². The summed E-state index contributed by atoms with van der Waals surface area (Å²) in [6.07, 6.45) is 0.756. The van der Waals surface area contributed by atoms with Crippen molar-refractivity contribution in [2.45, 2.75) is 12.8 Å². The minimum Gasteiger partial charge on any atom is -0.478 e. The highest BCUT2D eigenvalue weighted by Crippen LogP contribution is 2.18. The van der Waals surface area contributed by atoms with Gasteiger partial charge in [0.15, 0.2) is 5.43 Å². The molecule has 5 heteroatoms. The Bertz CT molecular complexity index is 1420. The Balaban J connectivity index is 1.79. The van der Waals surface area contributed by atoms with Crippen LogP contribution >= 0.6 is 0 Å². The molecule has 32 heavy (non-hydrogen) atoms. The molecule has 4 aromatic rings. The molecular weight excluding hydrogens is 405 g/mol. The molecular formula is C27H20FNO3. The molecule has 3 aromatic carbocycles. The molecule has 0 bridgehead atoms. The van der Waals surface area contributed by atoms with Gasteiger partial charge < -0.3 is 9.67 Å². The van der Waals surface area contributed by atoms with Crippen LogP contribution in [0.4, 0.5) is 4.39 Å². The molecule has 0 fully saturated rings. The quantitative estimate of drug-likeness (QED) is 0.488. The second-order valence-electron chi connectivity index (χ2n) is 7.52. The van der Waals surface area contributed by atoms with Crippen molar-refractivity contribution in [3.63, 3.8) is 0 Å². The number of carboxylic acid groups (broad SMARTS) is 1. The lowest BCUT2D eigenvalue weighted by Gasteiger charge is -2.14. The molecule has 0 aliphatic heterocycles. The highest BCUT2D eigenvalue weighted by molar-refractivity contribution is 5.87. The molecule has 0 aliphatic carbocycles. The van der Waals surface area contributed by atoms with E-state index >= 15 is 0 Å². The van der Waals surface area contributed by atoms with Crippen LogP contribution in [0.1, 0.15) is 32.7 Å². The fraction of sp³-hybridized carbons (Fsp3) is 0.111. The number of carbonyl (C=O) groups is 1. The summed E-state index contributed by atoms with van der Waals surface area (Å²) in [6.45, 7) is 0. The number of rotatable bonds is 4. The highest BCUT2D eigenvalue weighted by Gasteiger charge is 2.15. The predicted octanol–water partition coefficient (Wildman–Crippen LogP) is 4.56. The van der Waals surface area contributed by atoms with Crippen molar-refractivity contribution in [2.75, 3.05) is 0 Å². The number of aromatic nitrogens is 1. The number of hydrogen-bond donors (Lipinski definition) is 1. The molecule has 0 unspecified atom stereocenters. The first-order chi connectivity index (χ1) is 15.4. The van der Waals surface area contributed by atoms with Crippen LogP contribution in [0.3, 0.4) is 0 Å². The molecule has 0 radical (unpaired) electrons. The third-order valence-corrected chi connectivity index (χ3v) is 5.40. The topological polar surface area (TPSA) is 59.3 Å². The van der Waals surface area contributed by atoms with Gasteiger partial charge in [0, 0.05) is 30.8 Å². The zero-order valence-corrected chi connectivity index (χ0v) is 17.4. The number of hydrogen-bond acceptors (Lipinski definition) is 2. The SMILES string of the molecule is Cn1c(C#CCc2ccc(F)cc2)c(Cc2ccc(C(=O)O)cc2)c(=O)c2ccccc21. The van der Waals surface area contributed by atoms with Crippen LogP contribution in [0.25, 0.3) is 10.9 Å². The van der Waals surface area contributed by atoms with E-state index in [1.54, 1.807) is 30.3 Å². The van der Waals surface area contributed by atoms with Gasteiger partial charge in [-0.05, 0) is 53.4 Å². The number of pyridine rings is 1. The van der Waals surface area contributed by atoms with Gasteiger partial charge in [0.05, 0.1) is 16.8 Å². The largest absolute Gasteiger partial charge is 0.478 e. The summed E-state index contributed by atoms with van der Waals surface area (Å²) >= 11 is 0. The van der Waals surface area contributed by atoms with Crippen LogP contribution < -0.4 is 5.43 Å². The maximum absolute atomic E-state index is 13.3. The normalized spacial score (nSPS) is 10.6. The second-order valence-corrected chi connectivity index (χ2v) is 7.52. The number of carboxylic acids is 1. The fourth-order valence-electron chi connectivity index (χ4n) is 3.68. The van der Waals surface area contributed by atoms with E-state index in [2.05, 4.69) is 11.8 Å². The molecule has 0 spiro atoms. The standard InChI is InChI=1S/C27H20FNO3/c1-29-24-7-3-2-6-22(24)26(30)23(17-19-9-13-20(14-10-19)27(31)32)25(29)8-4-5-18-11-15-21(28)16-12-18/h2-3,6-7,9-16H,5,17H2,1H3,(H,31,32). The first-order valence-corrected chi connectivity index (χ1v) is 10.1. The summed E-state index contributed by atoms with van der Waals surface area (Å²) in [6, 6.07) is 20.1. The van der Waals surface area contributed by atoms with Crippen molar-refractivity contribution in [1.29, 1.82) is 0 Å². The lowest BCUT2D eigenvalue weighted by Crippen LogP contribution is -2.18. The smallest absolute Gasteiger partial charge is 0.335 e. The number of nitrogens with zero attached hydrogens (tertiary/aromatic N) is 1. The van der Waals surface area contributed by atoms with E-state index in [-0.39, 0.29) is 16.8 Å². The van der Waals surface area contributed by atoms with E-state index in [1.165, 1.54) is 24.3 Å². The first-order valence-electron chi connectivity index (χ1n) is 10.1. The zero-order valence-electron chi connectivity index (χ0n) is 17.4. The van der Waals surface area contributed by atoms with Gasteiger partial charge in [-0.2, -0.15) is 0 Å². The maximum Gasteiger partial charge on any atom is 0.335 e. The van der Waals surface area contributed by atoms with Gasteiger partial charge in [-0.1, -0.05) is 42.3 Å².